The molecule has 0 aliphatic carbocycles. The first-order valence-electron chi connectivity index (χ1n) is 10.3. The number of furan rings is 1. The van der Waals surface area contributed by atoms with Gasteiger partial charge < -0.3 is 13.9 Å². The minimum atomic E-state index is -0.518. The molecular formula is C24H19ClN2O6S2. The molecule has 2 aromatic carbocycles. The zero-order chi connectivity index (χ0) is 25.1. The van der Waals surface area contributed by atoms with E-state index in [0.717, 1.165) is 5.56 Å². The number of amides is 1. The second-order valence-electron chi connectivity index (χ2n) is 7.40. The van der Waals surface area contributed by atoms with Crippen LogP contribution in [0.2, 0.25) is 5.02 Å². The lowest BCUT2D eigenvalue weighted by atomic mass is 10.1. The molecular weight excluding hydrogens is 512 g/mol. The number of benzene rings is 2. The number of nitro groups is 1. The van der Waals surface area contributed by atoms with E-state index in [1.807, 2.05) is 18.2 Å². The van der Waals surface area contributed by atoms with Gasteiger partial charge in [-0.1, -0.05) is 41.6 Å². The molecule has 1 amide bonds. The molecule has 0 radical (unpaired) electrons. The molecule has 0 saturated carbocycles. The maximum Gasteiger partial charge on any atom is 0.270 e. The Hall–Kier alpha value is -3.34. The largest absolute Gasteiger partial charge is 0.493 e. The Labute approximate surface area is 215 Å². The lowest BCUT2D eigenvalue weighted by Crippen LogP contribution is -2.30. The number of non-ortho nitro benzene ring substituents is 1. The molecule has 3 aromatic rings. The highest BCUT2D eigenvalue weighted by molar-refractivity contribution is 8.26. The Kier molecular flexibility index (Phi) is 7.44. The molecule has 1 aromatic heterocycles. The highest BCUT2D eigenvalue weighted by Crippen LogP contribution is 2.36. The summed E-state index contributed by atoms with van der Waals surface area (Å²) in [6.45, 7) is 0.416. The molecule has 1 fully saturated rings. The summed E-state index contributed by atoms with van der Waals surface area (Å²) < 4.78 is 16.9. The quantitative estimate of drug-likeness (QED) is 0.152. The zero-order valence-electron chi connectivity index (χ0n) is 18.6. The minimum Gasteiger partial charge on any atom is -0.493 e. The first-order chi connectivity index (χ1) is 16.8. The molecule has 1 aliphatic heterocycles. The lowest BCUT2D eigenvalue weighted by Gasteiger charge is -2.15. The smallest absolute Gasteiger partial charge is 0.270 e. The molecule has 1 aliphatic rings. The van der Waals surface area contributed by atoms with E-state index in [9.17, 15) is 14.9 Å². The van der Waals surface area contributed by atoms with E-state index in [1.165, 1.54) is 30.0 Å². The van der Waals surface area contributed by atoms with E-state index in [-0.39, 0.29) is 16.6 Å². The summed E-state index contributed by atoms with van der Waals surface area (Å²) >= 11 is 12.8. The second kappa shape index (κ2) is 10.5. The van der Waals surface area contributed by atoms with Gasteiger partial charge in [0.1, 0.15) is 15.8 Å². The number of nitrogens with zero attached hydrogens (tertiary/aromatic N) is 2. The molecule has 180 valence electrons. The van der Waals surface area contributed by atoms with Crippen molar-refractivity contribution in [1.29, 1.82) is 0 Å². The van der Waals surface area contributed by atoms with E-state index < -0.39 is 4.92 Å². The first-order valence-corrected chi connectivity index (χ1v) is 11.9. The molecule has 0 bridgehead atoms. The highest BCUT2D eigenvalue weighted by atomic mass is 35.5. The summed E-state index contributed by atoms with van der Waals surface area (Å²) in [6, 6.07) is 13.2. The van der Waals surface area contributed by atoms with Gasteiger partial charge in [-0.05, 0) is 42.3 Å². The van der Waals surface area contributed by atoms with Crippen LogP contribution in [0, 0.1) is 10.1 Å². The van der Waals surface area contributed by atoms with Crippen LogP contribution in [0.15, 0.2) is 57.9 Å². The van der Waals surface area contributed by atoms with Gasteiger partial charge in [-0.15, -0.1) is 0 Å². The third-order valence-electron chi connectivity index (χ3n) is 5.27. The van der Waals surface area contributed by atoms with E-state index in [2.05, 4.69) is 0 Å². The van der Waals surface area contributed by atoms with Crippen molar-refractivity contribution in [3.05, 3.63) is 79.9 Å². The number of carbonyl (C=O) groups excluding carboxylic acids is 1. The topological polar surface area (TPSA) is 95.0 Å². The number of halogens is 1. The number of thiocarbonyl (C=S) groups is 1. The van der Waals surface area contributed by atoms with Gasteiger partial charge in [0.05, 0.1) is 29.1 Å². The van der Waals surface area contributed by atoms with Crippen LogP contribution in [0.5, 0.6) is 11.5 Å². The van der Waals surface area contributed by atoms with Crippen molar-refractivity contribution < 1.29 is 23.6 Å². The number of rotatable bonds is 8. The van der Waals surface area contributed by atoms with E-state index in [1.54, 1.807) is 37.3 Å². The van der Waals surface area contributed by atoms with E-state index >= 15 is 0 Å². The fourth-order valence-electron chi connectivity index (χ4n) is 3.49. The van der Waals surface area contributed by atoms with Crippen molar-refractivity contribution in [3.63, 3.8) is 0 Å². The standard InChI is InChI=1S/C24H19ClN2O6S2/c1-31-20-7-3-14(11-21(20)32-2)9-10-26-23(28)22(35-24(26)34)13-16-5-8-19(33-16)17-6-4-15(27(29)30)12-18(17)25/h3-8,11-13H,9-10H2,1-2H3. The molecule has 8 nitrogen and oxygen atoms in total. The Bertz CT molecular complexity index is 1350. The summed E-state index contributed by atoms with van der Waals surface area (Å²) in [4.78, 5) is 25.4. The Morgan fingerprint density at radius 2 is 1.91 bits per heavy atom. The van der Waals surface area contributed by atoms with Crippen LogP contribution in [-0.4, -0.2) is 40.8 Å². The number of nitro benzene ring substituents is 1. The average Bonchev–Trinajstić information content (AvgIpc) is 3.41. The van der Waals surface area contributed by atoms with Crippen molar-refractivity contribution in [2.75, 3.05) is 20.8 Å². The van der Waals surface area contributed by atoms with Gasteiger partial charge in [0.25, 0.3) is 11.6 Å². The molecule has 4 rings (SSSR count). The third kappa shape index (κ3) is 5.34. The van der Waals surface area contributed by atoms with Crippen LogP contribution in [0.25, 0.3) is 17.4 Å². The Morgan fingerprint density at radius 3 is 2.60 bits per heavy atom. The summed E-state index contributed by atoms with van der Waals surface area (Å²) in [7, 11) is 3.15. The number of thioether (sulfide) groups is 1. The molecule has 0 atom stereocenters. The number of ether oxygens (including phenoxy) is 2. The monoisotopic (exact) mass is 530 g/mol. The van der Waals surface area contributed by atoms with Gasteiger partial charge in [0, 0.05) is 30.3 Å². The minimum absolute atomic E-state index is 0.109. The molecule has 2 heterocycles. The second-order valence-corrected chi connectivity index (χ2v) is 9.48. The predicted octanol–water partition coefficient (Wildman–Crippen LogP) is 5.97. The molecule has 35 heavy (non-hydrogen) atoms. The number of hydrogen-bond donors (Lipinski definition) is 0. The number of hydrogen-bond acceptors (Lipinski definition) is 8. The van der Waals surface area contributed by atoms with Gasteiger partial charge in [0.2, 0.25) is 0 Å². The summed E-state index contributed by atoms with van der Waals surface area (Å²) in [5.74, 6) is 1.93. The third-order valence-corrected chi connectivity index (χ3v) is 6.97. The van der Waals surface area contributed by atoms with Crippen molar-refractivity contribution >= 4 is 57.6 Å². The van der Waals surface area contributed by atoms with Gasteiger partial charge in [-0.2, -0.15) is 0 Å². The van der Waals surface area contributed by atoms with Crippen molar-refractivity contribution in [3.8, 4) is 22.8 Å². The molecule has 11 heteroatoms. The van der Waals surface area contributed by atoms with Crippen molar-refractivity contribution in [2.45, 2.75) is 6.42 Å². The summed E-state index contributed by atoms with van der Waals surface area (Å²) in [5, 5.41) is 11.1. The van der Waals surface area contributed by atoms with E-state index in [4.69, 9.17) is 37.7 Å². The van der Waals surface area contributed by atoms with Gasteiger partial charge in [-0.3, -0.25) is 19.8 Å². The van der Waals surface area contributed by atoms with Crippen molar-refractivity contribution in [1.82, 2.24) is 4.90 Å². The van der Waals surface area contributed by atoms with Gasteiger partial charge >= 0.3 is 0 Å². The molecule has 0 spiro atoms. The highest BCUT2D eigenvalue weighted by Gasteiger charge is 2.32. The van der Waals surface area contributed by atoms with Crippen LogP contribution in [0.3, 0.4) is 0 Å². The van der Waals surface area contributed by atoms with E-state index in [0.29, 0.717) is 50.8 Å². The maximum absolute atomic E-state index is 13.0. The maximum atomic E-state index is 13.0. The average molecular weight is 531 g/mol. The van der Waals surface area contributed by atoms with Crippen LogP contribution in [-0.2, 0) is 11.2 Å². The normalized spacial score (nSPS) is 14.6. The summed E-state index contributed by atoms with van der Waals surface area (Å²) in [5.41, 5.74) is 1.39. The van der Waals surface area contributed by atoms with Gasteiger partial charge in [-0.25, -0.2) is 0 Å². The van der Waals surface area contributed by atoms with Gasteiger partial charge in [0.15, 0.2) is 11.5 Å². The molecule has 0 N–H and O–H groups in total. The van der Waals surface area contributed by atoms with Crippen LogP contribution in [0.4, 0.5) is 5.69 Å². The molecule has 1 saturated heterocycles. The molecule has 0 unspecified atom stereocenters. The first kappa shape index (κ1) is 24.8. The number of carbonyl (C=O) groups is 1. The Morgan fingerprint density at radius 1 is 1.14 bits per heavy atom. The van der Waals surface area contributed by atoms with Crippen LogP contribution >= 0.6 is 35.6 Å². The lowest BCUT2D eigenvalue weighted by molar-refractivity contribution is -0.384. The van der Waals surface area contributed by atoms with Crippen LogP contribution < -0.4 is 9.47 Å². The fourth-order valence-corrected chi connectivity index (χ4v) is 5.05. The SMILES string of the molecule is COc1ccc(CCN2C(=O)C(=Cc3ccc(-c4ccc([N+](=O)[O-])cc4Cl)o3)SC2=S)cc1OC. The Balaban J connectivity index is 1.47. The summed E-state index contributed by atoms with van der Waals surface area (Å²) in [6.07, 6.45) is 2.21. The fraction of sp³-hybridized carbons (Fsp3) is 0.167. The van der Waals surface area contributed by atoms with Crippen molar-refractivity contribution in [2.24, 2.45) is 0 Å². The number of methoxy groups -OCH3 is 2. The predicted molar refractivity (Wildman–Crippen MR) is 139 cm³/mol. The van der Waals surface area contributed by atoms with Crippen LogP contribution in [0.1, 0.15) is 11.3 Å². The zero-order valence-corrected chi connectivity index (χ0v) is 21.0.